The number of hydrogen-bond donors (Lipinski definition) is 1. The zero-order valence-electron chi connectivity index (χ0n) is 17.4. The fourth-order valence-corrected chi connectivity index (χ4v) is 4.87. The highest BCUT2D eigenvalue weighted by Gasteiger charge is 2.20. The van der Waals surface area contributed by atoms with Crippen molar-refractivity contribution >= 4 is 15.7 Å². The van der Waals surface area contributed by atoms with Gasteiger partial charge in [-0.05, 0) is 51.4 Å². The molecule has 0 saturated carbocycles. The third kappa shape index (κ3) is 6.37. The fourth-order valence-electron chi connectivity index (χ4n) is 3.61. The van der Waals surface area contributed by atoms with Crippen LogP contribution in [-0.2, 0) is 16.3 Å². The summed E-state index contributed by atoms with van der Waals surface area (Å²) < 4.78 is 29.7. The Morgan fingerprint density at radius 2 is 1.87 bits per heavy atom. The molecule has 0 bridgehead atoms. The highest BCUT2D eigenvalue weighted by molar-refractivity contribution is 7.91. The van der Waals surface area contributed by atoms with E-state index in [2.05, 4.69) is 27.3 Å². The lowest BCUT2D eigenvalue weighted by atomic mass is 10.2. The Morgan fingerprint density at radius 3 is 2.57 bits per heavy atom. The third-order valence-electron chi connectivity index (χ3n) is 5.47. The van der Waals surface area contributed by atoms with Crippen molar-refractivity contribution in [3.63, 3.8) is 0 Å². The number of aryl methyl sites for hydroxylation is 1. The fraction of sp³-hybridized carbons (Fsp3) is 0.571. The highest BCUT2D eigenvalue weighted by Crippen LogP contribution is 2.14. The molecule has 1 aliphatic heterocycles. The molecule has 0 spiro atoms. The second-order valence-corrected chi connectivity index (χ2v) is 9.85. The van der Waals surface area contributed by atoms with Crippen LogP contribution in [0.5, 0.6) is 0 Å². The zero-order chi connectivity index (χ0) is 21.4. The molecular weight excluding hydrogens is 404 g/mol. The number of benzene rings is 1. The largest absolute Gasteiger partial charge is 0.348 e. The van der Waals surface area contributed by atoms with Crippen LogP contribution in [0, 0.1) is 0 Å². The quantitative estimate of drug-likeness (QED) is 0.646. The molecule has 1 atom stereocenters. The van der Waals surface area contributed by atoms with Gasteiger partial charge in [0.15, 0.2) is 15.7 Å². The van der Waals surface area contributed by atoms with Crippen molar-refractivity contribution in [1.29, 1.82) is 0 Å². The number of hydrogen-bond acceptors (Lipinski definition) is 7. The van der Waals surface area contributed by atoms with Crippen LogP contribution in [0.4, 0.5) is 0 Å². The van der Waals surface area contributed by atoms with E-state index in [9.17, 15) is 13.2 Å². The predicted octanol–water partition coefficient (Wildman–Crippen LogP) is 2.47. The maximum atomic E-state index is 12.3. The van der Waals surface area contributed by atoms with Crippen molar-refractivity contribution in [1.82, 2.24) is 20.4 Å². The van der Waals surface area contributed by atoms with Crippen molar-refractivity contribution in [2.45, 2.75) is 56.4 Å². The van der Waals surface area contributed by atoms with Gasteiger partial charge in [0.05, 0.1) is 10.6 Å². The van der Waals surface area contributed by atoms with E-state index in [1.54, 1.807) is 30.3 Å². The van der Waals surface area contributed by atoms with Gasteiger partial charge in [-0.25, -0.2) is 8.42 Å². The molecule has 1 N–H and O–H groups in total. The summed E-state index contributed by atoms with van der Waals surface area (Å²) in [4.78, 5) is 19.0. The summed E-state index contributed by atoms with van der Waals surface area (Å²) in [7, 11) is -3.43. The van der Waals surface area contributed by atoms with E-state index in [0.29, 0.717) is 12.6 Å². The second kappa shape index (κ2) is 10.7. The average Bonchev–Trinajstić information content (AvgIpc) is 3.06. The summed E-state index contributed by atoms with van der Waals surface area (Å²) in [5.41, 5.74) is 0. The maximum Gasteiger partial charge on any atom is 0.315 e. The minimum absolute atomic E-state index is 0.0833. The lowest BCUT2D eigenvalue weighted by molar-refractivity contribution is 0.0904. The molecule has 2 aromatic rings. The van der Waals surface area contributed by atoms with E-state index >= 15 is 0 Å². The van der Waals surface area contributed by atoms with Crippen molar-refractivity contribution in [3.8, 4) is 0 Å². The van der Waals surface area contributed by atoms with Gasteiger partial charge in [0.2, 0.25) is 0 Å². The SMILES string of the molecule is CC(CCNC(=O)c1nc(CCS(=O)(=O)c2ccccc2)no1)N1CCCCCC1. The number of aromatic nitrogens is 2. The summed E-state index contributed by atoms with van der Waals surface area (Å²) in [5, 5.41) is 6.56. The summed E-state index contributed by atoms with van der Waals surface area (Å²) >= 11 is 0. The number of sulfone groups is 1. The molecule has 9 heteroatoms. The van der Waals surface area contributed by atoms with Crippen molar-refractivity contribution in [3.05, 3.63) is 42.0 Å². The van der Waals surface area contributed by atoms with Crippen LogP contribution in [0.1, 0.15) is 55.5 Å². The van der Waals surface area contributed by atoms with E-state index in [0.717, 1.165) is 19.5 Å². The van der Waals surface area contributed by atoms with E-state index in [1.165, 1.54) is 25.7 Å². The first-order chi connectivity index (χ1) is 14.5. The number of amides is 1. The Morgan fingerprint density at radius 1 is 1.17 bits per heavy atom. The van der Waals surface area contributed by atoms with Gasteiger partial charge in [0, 0.05) is 19.0 Å². The molecule has 1 aromatic carbocycles. The van der Waals surface area contributed by atoms with Crippen LogP contribution in [0.2, 0.25) is 0 Å². The van der Waals surface area contributed by atoms with Gasteiger partial charge in [0.25, 0.3) is 0 Å². The second-order valence-electron chi connectivity index (χ2n) is 7.74. The van der Waals surface area contributed by atoms with Gasteiger partial charge in [-0.2, -0.15) is 4.98 Å². The number of nitrogens with one attached hydrogen (secondary N) is 1. The lowest BCUT2D eigenvalue weighted by Crippen LogP contribution is -2.37. The number of likely N-dealkylation sites (tertiary alicyclic amines) is 1. The molecule has 0 radical (unpaired) electrons. The molecule has 0 aliphatic carbocycles. The average molecular weight is 435 g/mol. The molecule has 164 valence electrons. The molecule has 1 fully saturated rings. The van der Waals surface area contributed by atoms with Crippen LogP contribution in [0.15, 0.2) is 39.8 Å². The van der Waals surface area contributed by atoms with Gasteiger partial charge in [-0.3, -0.25) is 4.79 Å². The summed E-state index contributed by atoms with van der Waals surface area (Å²) in [6.07, 6.45) is 6.00. The minimum Gasteiger partial charge on any atom is -0.348 e. The van der Waals surface area contributed by atoms with Gasteiger partial charge in [0.1, 0.15) is 0 Å². The van der Waals surface area contributed by atoms with Crippen molar-refractivity contribution < 1.29 is 17.7 Å². The summed E-state index contributed by atoms with van der Waals surface area (Å²) in [6.45, 7) is 4.95. The molecule has 30 heavy (non-hydrogen) atoms. The Labute approximate surface area is 178 Å². The van der Waals surface area contributed by atoms with Gasteiger partial charge in [-0.1, -0.05) is 36.2 Å². The number of rotatable bonds is 9. The Balaban J connectivity index is 1.44. The van der Waals surface area contributed by atoms with Crippen LogP contribution >= 0.6 is 0 Å². The number of nitrogens with zero attached hydrogens (tertiary/aromatic N) is 3. The van der Waals surface area contributed by atoms with Crippen LogP contribution in [-0.4, -0.2) is 60.8 Å². The highest BCUT2D eigenvalue weighted by atomic mass is 32.2. The topological polar surface area (TPSA) is 105 Å². The van der Waals surface area contributed by atoms with Crippen LogP contribution < -0.4 is 5.32 Å². The molecule has 1 saturated heterocycles. The van der Waals surface area contributed by atoms with E-state index in [4.69, 9.17) is 4.52 Å². The zero-order valence-corrected chi connectivity index (χ0v) is 18.2. The van der Waals surface area contributed by atoms with Gasteiger partial charge in [-0.15, -0.1) is 0 Å². The van der Waals surface area contributed by atoms with Crippen molar-refractivity contribution in [2.24, 2.45) is 0 Å². The maximum absolute atomic E-state index is 12.3. The summed E-state index contributed by atoms with van der Waals surface area (Å²) in [6, 6.07) is 8.63. The molecule has 8 nitrogen and oxygen atoms in total. The third-order valence-corrected chi connectivity index (χ3v) is 7.20. The Bertz CT molecular complexity index is 906. The smallest absolute Gasteiger partial charge is 0.315 e. The minimum atomic E-state index is -3.43. The molecule has 3 rings (SSSR count). The molecule has 1 amide bonds. The molecule has 1 aliphatic rings. The van der Waals surface area contributed by atoms with E-state index in [1.807, 2.05) is 0 Å². The van der Waals surface area contributed by atoms with E-state index < -0.39 is 15.7 Å². The van der Waals surface area contributed by atoms with Gasteiger partial charge < -0.3 is 14.7 Å². The molecule has 1 aromatic heterocycles. The normalized spacial score (nSPS) is 16.7. The number of carbonyl (C=O) groups excluding carboxylic acids is 1. The van der Waals surface area contributed by atoms with Crippen molar-refractivity contribution in [2.75, 3.05) is 25.4 Å². The van der Waals surface area contributed by atoms with Crippen LogP contribution in [0.3, 0.4) is 0 Å². The Hall–Kier alpha value is -2.26. The monoisotopic (exact) mass is 434 g/mol. The summed E-state index contributed by atoms with van der Waals surface area (Å²) in [5.74, 6) is -0.504. The Kier molecular flexibility index (Phi) is 7.98. The number of carbonyl (C=O) groups is 1. The molecule has 1 unspecified atom stereocenters. The predicted molar refractivity (Wildman–Crippen MR) is 113 cm³/mol. The first-order valence-corrected chi connectivity index (χ1v) is 12.2. The first-order valence-electron chi connectivity index (χ1n) is 10.6. The standard InChI is InChI=1S/C21H30N4O4S/c1-17(25-14-7-2-3-8-15-25)11-13-22-20(26)21-23-19(24-29-21)12-16-30(27,28)18-9-5-4-6-10-18/h4-6,9-10,17H,2-3,7-8,11-16H2,1H3,(H,22,26). The molecular formula is C21H30N4O4S. The van der Waals surface area contributed by atoms with Gasteiger partial charge >= 0.3 is 11.8 Å². The first kappa shape index (κ1) is 22.4. The lowest BCUT2D eigenvalue weighted by Gasteiger charge is -2.27. The van der Waals surface area contributed by atoms with Crippen LogP contribution in [0.25, 0.3) is 0 Å². The van der Waals surface area contributed by atoms with E-state index in [-0.39, 0.29) is 28.8 Å². The molecule has 2 heterocycles.